The highest BCUT2D eigenvalue weighted by Crippen LogP contribution is 2.24. The van der Waals surface area contributed by atoms with Gasteiger partial charge in [0, 0.05) is 11.8 Å². The van der Waals surface area contributed by atoms with Gasteiger partial charge < -0.3 is 0 Å². The minimum atomic E-state index is 0.0506. The highest BCUT2D eigenvalue weighted by molar-refractivity contribution is 5.67. The molecule has 0 spiro atoms. The molecule has 76 valence electrons. The van der Waals surface area contributed by atoms with Gasteiger partial charge in [0.15, 0.2) is 5.69 Å². The zero-order valence-electron chi connectivity index (χ0n) is 8.29. The maximum atomic E-state index is 10.5. The molecule has 0 aliphatic heterocycles. The van der Waals surface area contributed by atoms with E-state index in [0.29, 0.717) is 0 Å². The van der Waals surface area contributed by atoms with Crippen molar-refractivity contribution in [2.45, 2.75) is 0 Å². The molecule has 1 aromatic heterocycles. The molecule has 0 aliphatic carbocycles. The van der Waals surface area contributed by atoms with E-state index in [-0.39, 0.29) is 11.4 Å². The van der Waals surface area contributed by atoms with Crippen molar-refractivity contribution in [2.75, 3.05) is 0 Å². The number of rotatable bonds is 2. The first-order chi connectivity index (χ1) is 7.85. The van der Waals surface area contributed by atoms with Gasteiger partial charge in [-0.25, -0.2) is 4.98 Å². The van der Waals surface area contributed by atoms with E-state index in [1.165, 1.54) is 0 Å². The average Bonchev–Trinajstić information content (AvgIpc) is 2.39. The molecule has 0 fully saturated rings. The number of nitroso groups, excluding NO2 is 1. The first kappa shape index (κ1) is 9.99. The molecule has 2 aromatic rings. The molecule has 0 saturated heterocycles. The average molecular weight is 209 g/mol. The van der Waals surface area contributed by atoms with Crippen LogP contribution in [0.4, 0.5) is 5.69 Å². The zero-order chi connectivity index (χ0) is 11.4. The summed E-state index contributed by atoms with van der Waals surface area (Å²) in [6, 6.07) is 12.9. The number of pyridine rings is 1. The topological polar surface area (TPSA) is 66.1 Å². The Kier molecular flexibility index (Phi) is 2.70. The van der Waals surface area contributed by atoms with E-state index in [4.69, 9.17) is 5.26 Å². The van der Waals surface area contributed by atoms with Crippen molar-refractivity contribution in [1.29, 1.82) is 5.26 Å². The quantitative estimate of drug-likeness (QED) is 0.714. The number of nitriles is 1. The Morgan fingerprint density at radius 1 is 1.19 bits per heavy atom. The van der Waals surface area contributed by atoms with Gasteiger partial charge in [-0.2, -0.15) is 5.26 Å². The fourth-order valence-electron chi connectivity index (χ4n) is 1.40. The maximum absolute atomic E-state index is 10.5. The number of hydrogen-bond acceptors (Lipinski definition) is 4. The molecule has 4 nitrogen and oxygen atoms in total. The summed E-state index contributed by atoms with van der Waals surface area (Å²) < 4.78 is 0. The molecule has 16 heavy (non-hydrogen) atoms. The van der Waals surface area contributed by atoms with Gasteiger partial charge in [0.2, 0.25) is 0 Å². The molecule has 0 bridgehead atoms. The van der Waals surface area contributed by atoms with Gasteiger partial charge in [0.1, 0.15) is 11.8 Å². The summed E-state index contributed by atoms with van der Waals surface area (Å²) in [6.07, 6.45) is 1.56. The lowest BCUT2D eigenvalue weighted by Gasteiger charge is -2.01. The molecule has 2 rings (SSSR count). The van der Waals surface area contributed by atoms with Crippen molar-refractivity contribution in [1.82, 2.24) is 4.98 Å². The Morgan fingerprint density at radius 2 is 1.94 bits per heavy atom. The van der Waals surface area contributed by atoms with E-state index in [2.05, 4.69) is 10.2 Å². The molecular formula is C12H7N3O. The molecule has 0 radical (unpaired) electrons. The highest BCUT2D eigenvalue weighted by Gasteiger charge is 2.06. The van der Waals surface area contributed by atoms with Crippen LogP contribution in [0.1, 0.15) is 5.69 Å². The van der Waals surface area contributed by atoms with Crippen LogP contribution in [0.5, 0.6) is 0 Å². The number of benzene rings is 1. The van der Waals surface area contributed by atoms with Crippen molar-refractivity contribution >= 4 is 5.69 Å². The smallest absolute Gasteiger partial charge is 0.169 e. The fourth-order valence-corrected chi connectivity index (χ4v) is 1.40. The molecule has 0 aliphatic rings. The molecule has 0 atom stereocenters. The van der Waals surface area contributed by atoms with Crippen molar-refractivity contribution in [3.05, 3.63) is 53.2 Å². The summed E-state index contributed by atoms with van der Waals surface area (Å²) in [6.45, 7) is 0. The lowest BCUT2D eigenvalue weighted by molar-refractivity contribution is 1.24. The Hall–Kier alpha value is -2.54. The molecule has 4 heteroatoms. The van der Waals surface area contributed by atoms with E-state index in [1.54, 1.807) is 12.3 Å². The van der Waals surface area contributed by atoms with Crippen molar-refractivity contribution in [2.24, 2.45) is 5.18 Å². The van der Waals surface area contributed by atoms with Crippen LogP contribution in [-0.2, 0) is 0 Å². The van der Waals surface area contributed by atoms with Crippen LogP contribution in [0, 0.1) is 16.2 Å². The lowest BCUT2D eigenvalue weighted by atomic mass is 10.1. The van der Waals surface area contributed by atoms with Crippen LogP contribution in [0.15, 0.2) is 47.8 Å². The third kappa shape index (κ3) is 1.79. The minimum Gasteiger partial charge on any atom is -0.243 e. The van der Waals surface area contributed by atoms with E-state index in [1.807, 2.05) is 36.4 Å². The van der Waals surface area contributed by atoms with Crippen molar-refractivity contribution < 1.29 is 0 Å². The van der Waals surface area contributed by atoms with Gasteiger partial charge in [-0.1, -0.05) is 30.3 Å². The second-order valence-electron chi connectivity index (χ2n) is 3.16. The summed E-state index contributed by atoms with van der Waals surface area (Å²) in [4.78, 5) is 14.4. The van der Waals surface area contributed by atoms with E-state index in [0.717, 1.165) is 11.1 Å². The van der Waals surface area contributed by atoms with E-state index < -0.39 is 0 Å². The number of hydrogen-bond donors (Lipinski definition) is 0. The Morgan fingerprint density at radius 3 is 2.56 bits per heavy atom. The van der Waals surface area contributed by atoms with Crippen LogP contribution in [0.2, 0.25) is 0 Å². The first-order valence-corrected chi connectivity index (χ1v) is 4.64. The summed E-state index contributed by atoms with van der Waals surface area (Å²) in [5, 5.41) is 11.5. The van der Waals surface area contributed by atoms with Gasteiger partial charge in [-0.05, 0) is 16.8 Å². The summed E-state index contributed by atoms with van der Waals surface area (Å²) >= 11 is 0. The molecule has 1 heterocycles. The number of aromatic nitrogens is 1. The zero-order valence-corrected chi connectivity index (χ0v) is 8.29. The lowest BCUT2D eigenvalue weighted by Crippen LogP contribution is -1.85. The van der Waals surface area contributed by atoms with Crippen molar-refractivity contribution in [3.8, 4) is 17.2 Å². The summed E-state index contributed by atoms with van der Waals surface area (Å²) in [5.41, 5.74) is 1.83. The largest absolute Gasteiger partial charge is 0.243 e. The third-order valence-electron chi connectivity index (χ3n) is 2.18. The fraction of sp³-hybridized carbons (Fsp3) is 0. The number of nitrogens with zero attached hydrogens (tertiary/aromatic N) is 3. The Balaban J connectivity index is 2.53. The highest BCUT2D eigenvalue weighted by atomic mass is 16.3. The van der Waals surface area contributed by atoms with Crippen LogP contribution < -0.4 is 0 Å². The van der Waals surface area contributed by atoms with Crippen LogP contribution in [-0.4, -0.2) is 4.98 Å². The van der Waals surface area contributed by atoms with Gasteiger partial charge in [0.25, 0.3) is 0 Å². The van der Waals surface area contributed by atoms with E-state index in [9.17, 15) is 4.91 Å². The van der Waals surface area contributed by atoms with Gasteiger partial charge in [0.05, 0.1) is 0 Å². The Bertz CT molecular complexity index is 558. The SMILES string of the molecule is N#Cc1ncc(-c2ccccc2)cc1N=O. The van der Waals surface area contributed by atoms with Gasteiger partial charge in [-0.3, -0.25) is 0 Å². The predicted octanol–water partition coefficient (Wildman–Crippen LogP) is 3.02. The van der Waals surface area contributed by atoms with E-state index >= 15 is 0 Å². The second-order valence-corrected chi connectivity index (χ2v) is 3.16. The summed E-state index contributed by atoms with van der Waals surface area (Å²) in [5.74, 6) is 0. The molecule has 0 unspecified atom stereocenters. The second kappa shape index (κ2) is 4.32. The molecule has 0 N–H and O–H groups in total. The molecule has 1 aromatic carbocycles. The molecule has 0 amide bonds. The van der Waals surface area contributed by atoms with Crippen LogP contribution in [0.3, 0.4) is 0 Å². The van der Waals surface area contributed by atoms with Crippen molar-refractivity contribution in [3.63, 3.8) is 0 Å². The normalized spacial score (nSPS) is 9.44. The van der Waals surface area contributed by atoms with Gasteiger partial charge in [-0.15, -0.1) is 4.91 Å². The van der Waals surface area contributed by atoms with Crippen LogP contribution in [0.25, 0.3) is 11.1 Å². The standard InChI is InChI=1S/C12H7N3O/c13-7-12-11(15-16)6-10(8-14-12)9-4-2-1-3-5-9/h1-6,8H. The minimum absolute atomic E-state index is 0.0506. The molecular weight excluding hydrogens is 202 g/mol. The Labute approximate surface area is 92.2 Å². The predicted molar refractivity (Wildman–Crippen MR) is 59.8 cm³/mol. The summed E-state index contributed by atoms with van der Waals surface area (Å²) in [7, 11) is 0. The third-order valence-corrected chi connectivity index (χ3v) is 2.18. The van der Waals surface area contributed by atoms with Gasteiger partial charge >= 0.3 is 0 Å². The molecule has 0 saturated carbocycles. The maximum Gasteiger partial charge on any atom is 0.169 e. The van der Waals surface area contributed by atoms with Crippen LogP contribution >= 0.6 is 0 Å². The first-order valence-electron chi connectivity index (χ1n) is 4.64. The monoisotopic (exact) mass is 209 g/mol.